The zero-order valence-corrected chi connectivity index (χ0v) is 21.3. The van der Waals surface area contributed by atoms with Crippen molar-refractivity contribution in [2.75, 3.05) is 20.3 Å². The van der Waals surface area contributed by atoms with Crippen molar-refractivity contribution in [2.45, 2.75) is 65.8 Å². The molecule has 2 aliphatic rings. The molecular weight excluding hydrogens is 445 g/mol. The van der Waals surface area contributed by atoms with Crippen molar-refractivity contribution in [3.05, 3.63) is 41.2 Å². The molecule has 1 aliphatic heterocycles. The second-order valence-corrected chi connectivity index (χ2v) is 10.3. The van der Waals surface area contributed by atoms with E-state index in [0.717, 1.165) is 53.0 Å². The summed E-state index contributed by atoms with van der Waals surface area (Å²) in [4.78, 5) is 4.13. The normalized spacial score (nSPS) is 20.6. The summed E-state index contributed by atoms with van der Waals surface area (Å²) in [5.74, 6) is 1.70. The molecule has 0 radical (unpaired) electrons. The van der Waals surface area contributed by atoms with Crippen LogP contribution in [0.1, 0.15) is 56.5 Å². The van der Waals surface area contributed by atoms with Crippen LogP contribution in [0.4, 0.5) is 4.39 Å². The predicted octanol–water partition coefficient (Wildman–Crippen LogP) is 5.16. The molecule has 188 valence electrons. The van der Waals surface area contributed by atoms with E-state index >= 15 is 0 Å². The number of nitrogens with zero attached hydrogens (tertiary/aromatic N) is 5. The molecule has 0 aromatic carbocycles. The number of fused-ring (bicyclic) bond motifs is 1. The number of rotatable bonds is 6. The van der Waals surface area contributed by atoms with Gasteiger partial charge in [-0.2, -0.15) is 10.2 Å². The van der Waals surface area contributed by atoms with E-state index in [1.807, 2.05) is 10.9 Å². The van der Waals surface area contributed by atoms with Gasteiger partial charge in [-0.15, -0.1) is 0 Å². The fourth-order valence-electron chi connectivity index (χ4n) is 5.77. The Morgan fingerprint density at radius 2 is 2.03 bits per heavy atom. The average molecular weight is 482 g/mol. The van der Waals surface area contributed by atoms with Gasteiger partial charge in [-0.1, -0.05) is 26.7 Å². The third-order valence-corrected chi connectivity index (χ3v) is 7.86. The molecule has 7 nitrogen and oxygen atoms in total. The molecule has 3 aromatic heterocycles. The number of ether oxygens (including phenoxy) is 2. The zero-order chi connectivity index (χ0) is 24.5. The third kappa shape index (κ3) is 4.73. The molecule has 0 unspecified atom stereocenters. The molecule has 35 heavy (non-hydrogen) atoms. The fourth-order valence-corrected chi connectivity index (χ4v) is 5.77. The highest BCUT2D eigenvalue weighted by molar-refractivity contribution is 5.67. The van der Waals surface area contributed by atoms with Gasteiger partial charge in [0.25, 0.3) is 0 Å². The first-order chi connectivity index (χ1) is 17.0. The van der Waals surface area contributed by atoms with E-state index < -0.39 is 5.82 Å². The van der Waals surface area contributed by atoms with Crippen molar-refractivity contribution in [1.82, 2.24) is 24.5 Å². The molecule has 2 atom stereocenters. The van der Waals surface area contributed by atoms with Gasteiger partial charge in [-0.05, 0) is 43.9 Å². The van der Waals surface area contributed by atoms with Gasteiger partial charge in [-0.25, -0.2) is 14.1 Å². The highest BCUT2D eigenvalue weighted by Crippen LogP contribution is 2.36. The minimum atomic E-state index is -0.503. The zero-order valence-electron chi connectivity index (χ0n) is 21.3. The van der Waals surface area contributed by atoms with Gasteiger partial charge in [0.15, 0.2) is 5.82 Å². The number of hydrogen-bond donors (Lipinski definition) is 0. The molecule has 4 heterocycles. The first kappa shape index (κ1) is 24.0. The SMILES string of the molecule is COc1ncc(-n2nc(-c3cnn(C[C@H]4CCC[C@@H](C(C)C)C4)c3C)c3c2CCOCC3)cc1F. The summed E-state index contributed by atoms with van der Waals surface area (Å²) in [5.41, 5.74) is 5.87. The molecule has 5 rings (SSSR count). The van der Waals surface area contributed by atoms with Crippen LogP contribution in [0.5, 0.6) is 5.88 Å². The summed E-state index contributed by atoms with van der Waals surface area (Å²) >= 11 is 0. The van der Waals surface area contributed by atoms with E-state index in [0.29, 0.717) is 31.2 Å². The molecule has 1 fully saturated rings. The lowest BCUT2D eigenvalue weighted by molar-refractivity contribution is 0.145. The molecular formula is C27H36FN5O2. The van der Waals surface area contributed by atoms with E-state index in [4.69, 9.17) is 19.7 Å². The molecule has 0 amide bonds. The summed E-state index contributed by atoms with van der Waals surface area (Å²) in [6.07, 6.45) is 10.2. The van der Waals surface area contributed by atoms with Gasteiger partial charge in [-0.3, -0.25) is 4.68 Å². The maximum Gasteiger partial charge on any atom is 0.250 e. The van der Waals surface area contributed by atoms with Crippen LogP contribution in [-0.4, -0.2) is 44.9 Å². The predicted molar refractivity (Wildman–Crippen MR) is 132 cm³/mol. The van der Waals surface area contributed by atoms with Crippen LogP contribution in [0.3, 0.4) is 0 Å². The molecule has 8 heteroatoms. The van der Waals surface area contributed by atoms with Gasteiger partial charge < -0.3 is 9.47 Å². The number of hydrogen-bond acceptors (Lipinski definition) is 5. The van der Waals surface area contributed by atoms with Crippen LogP contribution in [0.15, 0.2) is 18.5 Å². The van der Waals surface area contributed by atoms with Crippen molar-refractivity contribution >= 4 is 0 Å². The number of pyridine rings is 1. The standard InChI is InChI=1S/C27H36FN5O2/c1-17(2)20-7-5-6-19(12-20)16-32-18(3)23(15-30-32)26-22-8-10-35-11-9-25(22)33(31-26)21-13-24(28)27(34-4)29-14-21/h13-15,17,19-20H,5-12,16H2,1-4H3/t19-,20+/m0/s1. The monoisotopic (exact) mass is 481 g/mol. The van der Waals surface area contributed by atoms with Crippen molar-refractivity contribution in [1.29, 1.82) is 0 Å². The quantitative estimate of drug-likeness (QED) is 0.486. The summed E-state index contributed by atoms with van der Waals surface area (Å²) in [7, 11) is 1.41. The molecule has 0 bridgehead atoms. The summed E-state index contributed by atoms with van der Waals surface area (Å²) in [6.45, 7) is 9.04. The van der Waals surface area contributed by atoms with Crippen LogP contribution >= 0.6 is 0 Å². The van der Waals surface area contributed by atoms with Gasteiger partial charge in [0.2, 0.25) is 5.88 Å². The number of methoxy groups -OCH3 is 1. The molecule has 3 aromatic rings. The first-order valence-corrected chi connectivity index (χ1v) is 12.9. The van der Waals surface area contributed by atoms with E-state index in [1.54, 1.807) is 6.20 Å². The number of halogens is 1. The van der Waals surface area contributed by atoms with Crippen LogP contribution < -0.4 is 4.74 Å². The van der Waals surface area contributed by atoms with Crippen LogP contribution in [-0.2, 0) is 24.1 Å². The number of aromatic nitrogens is 5. The maximum absolute atomic E-state index is 14.5. The second-order valence-electron chi connectivity index (χ2n) is 10.3. The van der Waals surface area contributed by atoms with Crippen molar-refractivity contribution in [2.24, 2.45) is 17.8 Å². The van der Waals surface area contributed by atoms with Crippen LogP contribution in [0, 0.1) is 30.5 Å². The Kier molecular flexibility index (Phi) is 6.91. The highest BCUT2D eigenvalue weighted by Gasteiger charge is 2.27. The Balaban J connectivity index is 1.48. The van der Waals surface area contributed by atoms with Gasteiger partial charge in [0.05, 0.1) is 49.8 Å². The van der Waals surface area contributed by atoms with Gasteiger partial charge >= 0.3 is 0 Å². The largest absolute Gasteiger partial charge is 0.479 e. The fraction of sp³-hybridized carbons (Fsp3) is 0.593. The summed E-state index contributed by atoms with van der Waals surface area (Å²) < 4.78 is 29.2. The highest BCUT2D eigenvalue weighted by atomic mass is 19.1. The van der Waals surface area contributed by atoms with E-state index in [2.05, 4.69) is 30.4 Å². The molecule has 1 aliphatic carbocycles. The second kappa shape index (κ2) is 10.1. The Morgan fingerprint density at radius 1 is 1.20 bits per heavy atom. The average Bonchev–Trinajstić information content (AvgIpc) is 3.28. The van der Waals surface area contributed by atoms with Crippen molar-refractivity contribution in [3.63, 3.8) is 0 Å². The lowest BCUT2D eigenvalue weighted by Gasteiger charge is -2.31. The lowest BCUT2D eigenvalue weighted by Crippen LogP contribution is -2.23. The molecule has 0 spiro atoms. The summed E-state index contributed by atoms with van der Waals surface area (Å²) in [6, 6.07) is 1.43. The summed E-state index contributed by atoms with van der Waals surface area (Å²) in [5, 5.41) is 9.78. The minimum Gasteiger partial charge on any atom is -0.479 e. The van der Waals surface area contributed by atoms with Crippen molar-refractivity contribution < 1.29 is 13.9 Å². The van der Waals surface area contributed by atoms with Crippen LogP contribution in [0.2, 0.25) is 0 Å². The van der Waals surface area contributed by atoms with Crippen LogP contribution in [0.25, 0.3) is 16.9 Å². The Bertz CT molecular complexity index is 1180. The molecule has 1 saturated carbocycles. The van der Waals surface area contributed by atoms with E-state index in [1.165, 1.54) is 38.9 Å². The van der Waals surface area contributed by atoms with E-state index in [-0.39, 0.29) is 5.88 Å². The Hall–Kier alpha value is -2.74. The molecule has 0 saturated heterocycles. The Morgan fingerprint density at radius 3 is 2.80 bits per heavy atom. The van der Waals surface area contributed by atoms with Crippen molar-refractivity contribution in [3.8, 4) is 22.8 Å². The minimum absolute atomic E-state index is 0.0184. The topological polar surface area (TPSA) is 67.0 Å². The first-order valence-electron chi connectivity index (χ1n) is 12.9. The van der Waals surface area contributed by atoms with Gasteiger partial charge in [0, 0.05) is 35.9 Å². The molecule has 0 N–H and O–H groups in total. The lowest BCUT2D eigenvalue weighted by atomic mass is 9.76. The smallest absolute Gasteiger partial charge is 0.250 e. The van der Waals surface area contributed by atoms with Gasteiger partial charge in [0.1, 0.15) is 0 Å². The Labute approximate surface area is 206 Å². The van der Waals surface area contributed by atoms with E-state index in [9.17, 15) is 4.39 Å². The third-order valence-electron chi connectivity index (χ3n) is 7.86. The maximum atomic E-state index is 14.5.